The lowest BCUT2D eigenvalue weighted by Gasteiger charge is -2.10. The topological polar surface area (TPSA) is 81.5 Å². The number of carboxylic acids is 1. The average molecular weight is 288 g/mol. The first kappa shape index (κ1) is 14.8. The molecule has 0 atom stereocenters. The van der Waals surface area contributed by atoms with Gasteiger partial charge in [-0.15, -0.1) is 0 Å². The third kappa shape index (κ3) is 3.68. The molecule has 2 aromatic rings. The molecule has 0 saturated heterocycles. The van der Waals surface area contributed by atoms with Crippen LogP contribution in [-0.4, -0.2) is 28.2 Å². The Balaban J connectivity index is 2.31. The summed E-state index contributed by atoms with van der Waals surface area (Å²) in [6.07, 6.45) is 3.22. The SMILES string of the molecule is CCCc1cc(Oc2cc(C(=O)O)ccc2OC)ncn1. The van der Waals surface area contributed by atoms with E-state index in [1.54, 1.807) is 12.1 Å². The van der Waals surface area contributed by atoms with Crippen molar-refractivity contribution in [1.29, 1.82) is 0 Å². The Labute approximate surface area is 122 Å². The Morgan fingerprint density at radius 2 is 2.05 bits per heavy atom. The zero-order valence-corrected chi connectivity index (χ0v) is 11.9. The fourth-order valence-electron chi connectivity index (χ4n) is 1.83. The molecule has 21 heavy (non-hydrogen) atoms. The zero-order chi connectivity index (χ0) is 15.2. The lowest BCUT2D eigenvalue weighted by Crippen LogP contribution is -1.99. The standard InChI is InChI=1S/C15H16N2O4/c1-3-4-11-8-14(17-9-16-11)21-13-7-10(15(18)19)5-6-12(13)20-2/h5-9H,3-4H2,1-2H3,(H,18,19). The number of nitrogens with zero attached hydrogens (tertiary/aromatic N) is 2. The van der Waals surface area contributed by atoms with Gasteiger partial charge in [-0.05, 0) is 24.6 Å². The summed E-state index contributed by atoms with van der Waals surface area (Å²) < 4.78 is 10.8. The first-order valence-corrected chi connectivity index (χ1v) is 6.54. The fourth-order valence-corrected chi connectivity index (χ4v) is 1.83. The predicted molar refractivity (Wildman–Crippen MR) is 76.1 cm³/mol. The highest BCUT2D eigenvalue weighted by atomic mass is 16.5. The molecule has 1 heterocycles. The summed E-state index contributed by atoms with van der Waals surface area (Å²) in [6.45, 7) is 2.06. The molecule has 0 aliphatic carbocycles. The summed E-state index contributed by atoms with van der Waals surface area (Å²) >= 11 is 0. The van der Waals surface area contributed by atoms with E-state index in [0.717, 1.165) is 18.5 Å². The molecular formula is C15H16N2O4. The van der Waals surface area contributed by atoms with Crippen LogP contribution in [0.4, 0.5) is 0 Å². The molecule has 0 fully saturated rings. The van der Waals surface area contributed by atoms with Crippen LogP contribution < -0.4 is 9.47 Å². The maximum Gasteiger partial charge on any atom is 0.335 e. The predicted octanol–water partition coefficient (Wildman–Crippen LogP) is 2.93. The van der Waals surface area contributed by atoms with Gasteiger partial charge in [0.2, 0.25) is 5.88 Å². The second-order valence-electron chi connectivity index (χ2n) is 4.37. The van der Waals surface area contributed by atoms with Gasteiger partial charge >= 0.3 is 5.97 Å². The maximum atomic E-state index is 11.0. The van der Waals surface area contributed by atoms with Gasteiger partial charge in [0, 0.05) is 11.8 Å². The Morgan fingerprint density at radius 3 is 2.71 bits per heavy atom. The molecule has 1 N–H and O–H groups in total. The number of methoxy groups -OCH3 is 1. The van der Waals surface area contributed by atoms with Gasteiger partial charge in [-0.25, -0.2) is 14.8 Å². The van der Waals surface area contributed by atoms with Crippen molar-refractivity contribution in [3.8, 4) is 17.4 Å². The van der Waals surface area contributed by atoms with Crippen LogP contribution in [0.2, 0.25) is 0 Å². The molecule has 0 unspecified atom stereocenters. The van der Waals surface area contributed by atoms with Crippen molar-refractivity contribution in [2.45, 2.75) is 19.8 Å². The minimum Gasteiger partial charge on any atom is -0.493 e. The number of rotatable bonds is 6. The number of carbonyl (C=O) groups is 1. The number of aromatic carboxylic acids is 1. The van der Waals surface area contributed by atoms with Crippen LogP contribution in [0, 0.1) is 0 Å². The maximum absolute atomic E-state index is 11.0. The van der Waals surface area contributed by atoms with E-state index in [9.17, 15) is 4.79 Å². The Kier molecular flexibility index (Phi) is 4.71. The summed E-state index contributed by atoms with van der Waals surface area (Å²) in [6, 6.07) is 6.14. The van der Waals surface area contributed by atoms with E-state index < -0.39 is 5.97 Å². The molecule has 0 aliphatic heterocycles. The molecular weight excluding hydrogens is 272 g/mol. The van der Waals surface area contributed by atoms with Crippen LogP contribution in [0.25, 0.3) is 0 Å². The van der Waals surface area contributed by atoms with Crippen molar-refractivity contribution in [3.63, 3.8) is 0 Å². The number of benzene rings is 1. The van der Waals surface area contributed by atoms with Crippen molar-refractivity contribution in [1.82, 2.24) is 9.97 Å². The smallest absolute Gasteiger partial charge is 0.335 e. The average Bonchev–Trinajstić information content (AvgIpc) is 2.48. The van der Waals surface area contributed by atoms with E-state index in [1.807, 2.05) is 0 Å². The molecule has 0 bridgehead atoms. The lowest BCUT2D eigenvalue weighted by molar-refractivity contribution is 0.0696. The normalized spacial score (nSPS) is 10.2. The molecule has 6 nitrogen and oxygen atoms in total. The van der Waals surface area contributed by atoms with Crippen molar-refractivity contribution >= 4 is 5.97 Å². The quantitative estimate of drug-likeness (QED) is 0.880. The van der Waals surface area contributed by atoms with Gasteiger partial charge in [0.1, 0.15) is 6.33 Å². The second-order valence-corrected chi connectivity index (χ2v) is 4.37. The number of hydrogen-bond donors (Lipinski definition) is 1. The van der Waals surface area contributed by atoms with Gasteiger partial charge < -0.3 is 14.6 Å². The summed E-state index contributed by atoms with van der Waals surface area (Å²) in [7, 11) is 1.49. The molecule has 0 radical (unpaired) electrons. The largest absolute Gasteiger partial charge is 0.493 e. The monoisotopic (exact) mass is 288 g/mol. The fraction of sp³-hybridized carbons (Fsp3) is 0.267. The molecule has 6 heteroatoms. The van der Waals surface area contributed by atoms with Crippen LogP contribution >= 0.6 is 0 Å². The first-order valence-electron chi connectivity index (χ1n) is 6.54. The molecule has 0 saturated carbocycles. The molecule has 0 amide bonds. The molecule has 1 aromatic heterocycles. The number of aryl methyl sites for hydroxylation is 1. The van der Waals surface area contributed by atoms with E-state index in [2.05, 4.69) is 16.9 Å². The van der Waals surface area contributed by atoms with Crippen LogP contribution in [0.5, 0.6) is 17.4 Å². The van der Waals surface area contributed by atoms with Crippen LogP contribution in [0.3, 0.4) is 0 Å². The van der Waals surface area contributed by atoms with E-state index in [1.165, 1.54) is 25.6 Å². The highest BCUT2D eigenvalue weighted by molar-refractivity contribution is 5.88. The summed E-state index contributed by atoms with van der Waals surface area (Å²) in [5.74, 6) is 0.0698. The first-order chi connectivity index (χ1) is 10.1. The number of hydrogen-bond acceptors (Lipinski definition) is 5. The minimum absolute atomic E-state index is 0.119. The van der Waals surface area contributed by atoms with E-state index in [-0.39, 0.29) is 5.56 Å². The van der Waals surface area contributed by atoms with Crippen molar-refractivity contribution in [2.75, 3.05) is 7.11 Å². The molecule has 110 valence electrons. The van der Waals surface area contributed by atoms with Crippen molar-refractivity contribution < 1.29 is 19.4 Å². The summed E-state index contributed by atoms with van der Waals surface area (Å²) in [5.41, 5.74) is 0.990. The lowest BCUT2D eigenvalue weighted by atomic mass is 10.2. The van der Waals surface area contributed by atoms with Gasteiger partial charge in [0.25, 0.3) is 0 Å². The molecule has 0 spiro atoms. The third-order valence-electron chi connectivity index (χ3n) is 2.83. The van der Waals surface area contributed by atoms with Crippen LogP contribution in [0.1, 0.15) is 29.4 Å². The summed E-state index contributed by atoms with van der Waals surface area (Å²) in [4.78, 5) is 19.2. The molecule has 2 rings (SSSR count). The second kappa shape index (κ2) is 6.69. The van der Waals surface area contributed by atoms with Gasteiger partial charge in [0.05, 0.1) is 12.7 Å². The van der Waals surface area contributed by atoms with E-state index in [4.69, 9.17) is 14.6 Å². The van der Waals surface area contributed by atoms with Crippen molar-refractivity contribution in [2.24, 2.45) is 0 Å². The van der Waals surface area contributed by atoms with Gasteiger partial charge in [0.15, 0.2) is 11.5 Å². The Hall–Kier alpha value is -2.63. The van der Waals surface area contributed by atoms with Gasteiger partial charge in [-0.3, -0.25) is 0 Å². The van der Waals surface area contributed by atoms with E-state index in [0.29, 0.717) is 17.4 Å². The molecule has 1 aromatic carbocycles. The number of aromatic nitrogens is 2. The Morgan fingerprint density at radius 1 is 1.24 bits per heavy atom. The highest BCUT2D eigenvalue weighted by Crippen LogP contribution is 2.31. The third-order valence-corrected chi connectivity index (χ3v) is 2.83. The molecule has 0 aliphatic rings. The van der Waals surface area contributed by atoms with E-state index >= 15 is 0 Å². The van der Waals surface area contributed by atoms with Gasteiger partial charge in [-0.2, -0.15) is 0 Å². The van der Waals surface area contributed by atoms with Crippen LogP contribution in [0.15, 0.2) is 30.6 Å². The Bertz CT molecular complexity index is 643. The zero-order valence-electron chi connectivity index (χ0n) is 11.9. The van der Waals surface area contributed by atoms with Crippen LogP contribution in [-0.2, 0) is 6.42 Å². The highest BCUT2D eigenvalue weighted by Gasteiger charge is 2.12. The number of carboxylic acid groups (broad SMARTS) is 1. The van der Waals surface area contributed by atoms with Gasteiger partial charge in [-0.1, -0.05) is 13.3 Å². The number of ether oxygens (including phenoxy) is 2. The summed E-state index contributed by atoms with van der Waals surface area (Å²) in [5, 5.41) is 9.03. The van der Waals surface area contributed by atoms with Crippen molar-refractivity contribution in [3.05, 3.63) is 41.9 Å². The minimum atomic E-state index is -1.03.